The van der Waals surface area contributed by atoms with Gasteiger partial charge in [0.25, 0.3) is 0 Å². The molecule has 0 radical (unpaired) electrons. The van der Waals surface area contributed by atoms with Crippen molar-refractivity contribution in [3.63, 3.8) is 0 Å². The van der Waals surface area contributed by atoms with Crippen molar-refractivity contribution in [2.45, 2.75) is 26.6 Å². The van der Waals surface area contributed by atoms with E-state index < -0.39 is 17.7 Å². The lowest BCUT2D eigenvalue weighted by atomic mass is 9.97. The van der Waals surface area contributed by atoms with Crippen molar-refractivity contribution in [3.05, 3.63) is 93.0 Å². The van der Waals surface area contributed by atoms with Crippen molar-refractivity contribution in [2.75, 3.05) is 0 Å². The molecular formula is C25H19Cl2F3O4. The largest absolute Gasteiger partial charge is 0.489 e. The number of halogens is 5. The van der Waals surface area contributed by atoms with Crippen LogP contribution in [0.2, 0.25) is 10.0 Å². The summed E-state index contributed by atoms with van der Waals surface area (Å²) in [6.45, 7) is 3.48. The van der Waals surface area contributed by atoms with Gasteiger partial charge in [-0.15, -0.1) is 0 Å². The van der Waals surface area contributed by atoms with Gasteiger partial charge in [-0.05, 0) is 49.2 Å². The number of hydrogen-bond donors (Lipinski definition) is 1. The molecule has 4 nitrogen and oxygen atoms in total. The Morgan fingerprint density at radius 1 is 0.941 bits per heavy atom. The number of carboxylic acid groups (broad SMARTS) is 1. The minimum absolute atomic E-state index is 0.0476. The van der Waals surface area contributed by atoms with Gasteiger partial charge in [0.15, 0.2) is 5.75 Å². The van der Waals surface area contributed by atoms with Gasteiger partial charge in [0.2, 0.25) is 0 Å². The second-order valence-electron chi connectivity index (χ2n) is 7.47. The topological polar surface area (TPSA) is 55.8 Å². The van der Waals surface area contributed by atoms with Crippen molar-refractivity contribution in [2.24, 2.45) is 0 Å². The quantitative estimate of drug-likeness (QED) is 0.325. The summed E-state index contributed by atoms with van der Waals surface area (Å²) in [6, 6.07) is 14.0. The smallest absolute Gasteiger partial charge is 0.416 e. The summed E-state index contributed by atoms with van der Waals surface area (Å²) in [5, 5.41) is 9.76. The van der Waals surface area contributed by atoms with Crippen LogP contribution in [0.3, 0.4) is 0 Å². The zero-order valence-electron chi connectivity index (χ0n) is 18.0. The molecule has 3 rings (SSSR count). The predicted octanol–water partition coefficient (Wildman–Crippen LogP) is 8.26. The monoisotopic (exact) mass is 510 g/mol. The van der Waals surface area contributed by atoms with E-state index in [1.807, 2.05) is 0 Å². The third kappa shape index (κ3) is 6.04. The fraction of sp³-hybridized carbons (Fsp3) is 0.160. The second-order valence-corrected chi connectivity index (χ2v) is 8.28. The molecule has 1 N–H and O–H groups in total. The average Bonchev–Trinajstić information content (AvgIpc) is 2.75. The van der Waals surface area contributed by atoms with Gasteiger partial charge < -0.3 is 14.6 Å². The van der Waals surface area contributed by atoms with Crippen LogP contribution in [0.25, 0.3) is 5.57 Å². The fourth-order valence-corrected chi connectivity index (χ4v) is 3.74. The van der Waals surface area contributed by atoms with Gasteiger partial charge in [-0.2, -0.15) is 13.2 Å². The average molecular weight is 511 g/mol. The Morgan fingerprint density at radius 2 is 1.53 bits per heavy atom. The summed E-state index contributed by atoms with van der Waals surface area (Å²) in [5.74, 6) is -0.544. The van der Waals surface area contributed by atoms with E-state index in [4.69, 9.17) is 32.7 Å². The minimum atomic E-state index is -4.46. The summed E-state index contributed by atoms with van der Waals surface area (Å²) < 4.78 is 49.6. The van der Waals surface area contributed by atoms with E-state index in [0.29, 0.717) is 22.4 Å². The molecule has 0 aliphatic heterocycles. The fourth-order valence-electron chi connectivity index (χ4n) is 3.20. The zero-order chi connectivity index (χ0) is 25.0. The molecule has 0 amide bonds. The molecule has 0 saturated carbocycles. The molecule has 0 saturated heterocycles. The third-order valence-corrected chi connectivity index (χ3v) is 5.33. The predicted molar refractivity (Wildman–Crippen MR) is 125 cm³/mol. The molecular weight excluding hydrogens is 492 g/mol. The number of benzene rings is 3. The molecule has 0 spiro atoms. The summed E-state index contributed by atoms with van der Waals surface area (Å²) in [4.78, 5) is 11.7. The first-order chi connectivity index (χ1) is 16.0. The highest BCUT2D eigenvalue weighted by molar-refractivity contribution is 6.37. The molecule has 3 aromatic carbocycles. The van der Waals surface area contributed by atoms with Gasteiger partial charge in [0, 0.05) is 12.1 Å². The van der Waals surface area contributed by atoms with Gasteiger partial charge >= 0.3 is 12.1 Å². The number of hydrogen-bond acceptors (Lipinski definition) is 3. The summed E-state index contributed by atoms with van der Waals surface area (Å²) >= 11 is 12.6. The van der Waals surface area contributed by atoms with Crippen LogP contribution in [-0.2, 0) is 17.6 Å². The van der Waals surface area contributed by atoms with Crippen molar-refractivity contribution in [1.29, 1.82) is 0 Å². The first-order valence-electron chi connectivity index (χ1n) is 9.93. The lowest BCUT2D eigenvalue weighted by Crippen LogP contribution is -2.07. The lowest BCUT2D eigenvalue weighted by Gasteiger charge is -2.15. The molecule has 0 bridgehead atoms. The molecule has 34 heavy (non-hydrogen) atoms. The van der Waals surface area contributed by atoms with Gasteiger partial charge in [-0.3, -0.25) is 0 Å². The lowest BCUT2D eigenvalue weighted by molar-refractivity contribution is -0.137. The van der Waals surface area contributed by atoms with E-state index in [-0.39, 0.29) is 33.7 Å². The molecule has 178 valence electrons. The first kappa shape index (κ1) is 25.5. The maximum Gasteiger partial charge on any atom is 0.416 e. The first-order valence-corrected chi connectivity index (χ1v) is 10.7. The van der Waals surface area contributed by atoms with Crippen LogP contribution < -0.4 is 9.47 Å². The normalized spacial score (nSPS) is 11.1. The number of alkyl halides is 3. The van der Waals surface area contributed by atoms with Crippen LogP contribution in [0, 0.1) is 0 Å². The van der Waals surface area contributed by atoms with Crippen molar-refractivity contribution >= 4 is 34.7 Å². The number of carboxylic acids is 1. The molecule has 0 aliphatic carbocycles. The number of allylic oxidation sites excluding steroid dienone is 1. The van der Waals surface area contributed by atoms with E-state index >= 15 is 0 Å². The molecule has 0 heterocycles. The maximum absolute atomic E-state index is 12.7. The van der Waals surface area contributed by atoms with Crippen LogP contribution in [0.1, 0.15) is 30.5 Å². The van der Waals surface area contributed by atoms with Gasteiger partial charge in [0.1, 0.15) is 18.1 Å². The second kappa shape index (κ2) is 10.4. The maximum atomic E-state index is 12.7. The van der Waals surface area contributed by atoms with Crippen molar-refractivity contribution in [3.8, 4) is 17.2 Å². The SMILES string of the molecule is CC(C)=C(C(=O)O)c1ccccc1COc1cc(Cl)c(Oc2ccc(C(F)(F)F)cc2)c(Cl)c1. The van der Waals surface area contributed by atoms with E-state index in [0.717, 1.165) is 12.1 Å². The standard InChI is InChI=1S/C25H19Cl2F3O4/c1-14(2)22(24(31)32)19-6-4-3-5-15(19)13-33-18-11-20(26)23(21(27)12-18)34-17-9-7-16(8-10-17)25(28,29)30/h3-12H,13H2,1-2H3,(H,31,32). The van der Waals surface area contributed by atoms with Crippen molar-refractivity contribution in [1.82, 2.24) is 0 Å². The van der Waals surface area contributed by atoms with Crippen LogP contribution in [-0.4, -0.2) is 11.1 Å². The Balaban J connectivity index is 1.79. The molecule has 0 unspecified atom stereocenters. The zero-order valence-corrected chi connectivity index (χ0v) is 19.6. The van der Waals surface area contributed by atoms with Gasteiger partial charge in [-0.25, -0.2) is 4.79 Å². The summed E-state index contributed by atoms with van der Waals surface area (Å²) in [7, 11) is 0. The van der Waals surface area contributed by atoms with Crippen LogP contribution >= 0.6 is 23.2 Å². The Morgan fingerprint density at radius 3 is 2.06 bits per heavy atom. The molecule has 0 fully saturated rings. The summed E-state index contributed by atoms with van der Waals surface area (Å²) in [6.07, 6.45) is -4.46. The molecule has 9 heteroatoms. The third-order valence-electron chi connectivity index (χ3n) is 4.77. The molecule has 0 atom stereocenters. The van der Waals surface area contributed by atoms with E-state index in [1.165, 1.54) is 24.3 Å². The molecule has 0 aliphatic rings. The minimum Gasteiger partial charge on any atom is -0.489 e. The Bertz CT molecular complexity index is 1210. The highest BCUT2D eigenvalue weighted by atomic mass is 35.5. The molecule has 3 aromatic rings. The van der Waals surface area contributed by atoms with E-state index in [9.17, 15) is 23.1 Å². The summed E-state index contributed by atoms with van der Waals surface area (Å²) in [5.41, 5.74) is 1.22. The highest BCUT2D eigenvalue weighted by Crippen LogP contribution is 2.40. The van der Waals surface area contributed by atoms with Crippen molar-refractivity contribution < 1.29 is 32.5 Å². The highest BCUT2D eigenvalue weighted by Gasteiger charge is 2.30. The Labute approximate surface area is 204 Å². The number of aliphatic carboxylic acids is 1. The van der Waals surface area contributed by atoms with Gasteiger partial charge in [-0.1, -0.05) is 53.0 Å². The molecule has 0 aromatic heterocycles. The number of carbonyl (C=O) groups is 1. The van der Waals surface area contributed by atoms with Crippen LogP contribution in [0.15, 0.2) is 66.2 Å². The number of ether oxygens (including phenoxy) is 2. The Hall–Kier alpha value is -3.16. The van der Waals surface area contributed by atoms with Gasteiger partial charge in [0.05, 0.1) is 21.2 Å². The Kier molecular flexibility index (Phi) is 7.79. The number of rotatable bonds is 7. The van der Waals surface area contributed by atoms with E-state index in [1.54, 1.807) is 38.1 Å². The van der Waals surface area contributed by atoms with E-state index in [2.05, 4.69) is 0 Å². The van der Waals surface area contributed by atoms with Crippen LogP contribution in [0.5, 0.6) is 17.2 Å². The van der Waals surface area contributed by atoms with Crippen LogP contribution in [0.4, 0.5) is 13.2 Å².